The number of halogens is 3. The second-order valence-electron chi connectivity index (χ2n) is 10.8. The number of fused-ring (bicyclic) bond motifs is 1. The Morgan fingerprint density at radius 2 is 1.83 bits per heavy atom. The number of nitrogens with one attached hydrogen (secondary N) is 1. The van der Waals surface area contributed by atoms with Crippen LogP contribution in [0, 0.1) is 12.8 Å². The Bertz CT molecular complexity index is 1540. The maximum absolute atomic E-state index is 14.4. The van der Waals surface area contributed by atoms with Crippen LogP contribution in [0.3, 0.4) is 0 Å². The van der Waals surface area contributed by atoms with Crippen molar-refractivity contribution in [1.29, 1.82) is 0 Å². The largest absolute Gasteiger partial charge is 0.413 e. The molecule has 4 aromatic rings. The first kappa shape index (κ1) is 27.0. The summed E-state index contributed by atoms with van der Waals surface area (Å²) >= 11 is 0. The maximum atomic E-state index is 14.4. The average molecular weight is 566 g/mol. The molecule has 9 nitrogen and oxygen atoms in total. The Kier molecular flexibility index (Phi) is 7.00. The number of hydrogen-bond donors (Lipinski definition) is 1. The van der Waals surface area contributed by atoms with Crippen LogP contribution < -0.4 is 10.2 Å². The molecule has 2 fully saturated rings. The highest BCUT2D eigenvalue weighted by atomic mass is 19.4. The lowest BCUT2D eigenvalue weighted by molar-refractivity contribution is -0.190. The molecule has 1 aromatic carbocycles. The molecule has 0 radical (unpaired) electrons. The topological polar surface area (TPSA) is 100 Å². The lowest BCUT2D eigenvalue weighted by atomic mass is 9.94. The first-order valence-corrected chi connectivity index (χ1v) is 13.7. The fraction of sp³-hybridized carbons (Fsp3) is 0.414. The molecule has 1 N–H and O–H groups in total. The van der Waals surface area contributed by atoms with Crippen LogP contribution in [0.15, 0.2) is 53.3 Å². The third-order valence-electron chi connectivity index (χ3n) is 7.83. The van der Waals surface area contributed by atoms with Gasteiger partial charge in [-0.05, 0) is 68.4 Å². The quantitative estimate of drug-likeness (QED) is 0.295. The number of alkyl halides is 3. The lowest BCUT2D eigenvalue weighted by Gasteiger charge is -2.36. The molecule has 0 spiro atoms. The molecule has 214 valence electrons. The highest BCUT2D eigenvalue weighted by Gasteiger charge is 2.46. The van der Waals surface area contributed by atoms with E-state index in [2.05, 4.69) is 25.4 Å². The van der Waals surface area contributed by atoms with Crippen molar-refractivity contribution in [2.75, 3.05) is 30.4 Å². The van der Waals surface area contributed by atoms with Gasteiger partial charge in [-0.25, -0.2) is 0 Å². The van der Waals surface area contributed by atoms with Crippen LogP contribution in [0.4, 0.5) is 30.6 Å². The molecule has 3 aromatic heterocycles. The van der Waals surface area contributed by atoms with Crippen LogP contribution in [0.5, 0.6) is 0 Å². The molecule has 4 heterocycles. The Balaban J connectivity index is 1.17. The summed E-state index contributed by atoms with van der Waals surface area (Å²) in [6.07, 6.45) is 1.77. The van der Waals surface area contributed by atoms with E-state index in [4.69, 9.17) is 4.52 Å². The standard InChI is InChI=1S/C29H30F3N7O2/c1-17-35-28(41-37-17)39-14-11-20(12-15-39)27(40)38(2)26(29(30,31)32)19-7-9-21(10-8-19)36-23-16-34-22-4-3-13-33-25(22)24(23)18-5-6-18/h3-4,7-10,13,16,18,20,26,36H,5-6,11-12,14-15H2,1-2H3/t26-/m0/s1. The summed E-state index contributed by atoms with van der Waals surface area (Å²) in [7, 11) is 1.23. The molecule has 1 saturated carbocycles. The number of amides is 1. The van der Waals surface area contributed by atoms with Gasteiger partial charge in [0.25, 0.3) is 0 Å². The average Bonchev–Trinajstić information content (AvgIpc) is 3.71. The van der Waals surface area contributed by atoms with Crippen molar-refractivity contribution in [1.82, 2.24) is 25.0 Å². The Hall–Kier alpha value is -4.22. The van der Waals surface area contributed by atoms with E-state index in [0.29, 0.717) is 49.4 Å². The number of nitrogens with zero attached hydrogens (tertiary/aromatic N) is 6. The fourth-order valence-electron chi connectivity index (χ4n) is 5.61. The summed E-state index contributed by atoms with van der Waals surface area (Å²) in [4.78, 5) is 29.2. The van der Waals surface area contributed by atoms with Crippen LogP contribution in [0.1, 0.15) is 54.6 Å². The van der Waals surface area contributed by atoms with Gasteiger partial charge >= 0.3 is 12.2 Å². The van der Waals surface area contributed by atoms with E-state index < -0.39 is 24.0 Å². The summed E-state index contributed by atoms with van der Waals surface area (Å²) in [5.74, 6) is -0.170. The van der Waals surface area contributed by atoms with Gasteiger partial charge in [-0.3, -0.25) is 14.8 Å². The van der Waals surface area contributed by atoms with E-state index in [1.54, 1.807) is 31.5 Å². The Morgan fingerprint density at radius 1 is 1.10 bits per heavy atom. The van der Waals surface area contributed by atoms with Crippen LogP contribution in [0.25, 0.3) is 11.0 Å². The summed E-state index contributed by atoms with van der Waals surface area (Å²) < 4.78 is 48.2. The number of aryl methyl sites for hydroxylation is 1. The number of carbonyl (C=O) groups excluding carboxylic acids is 1. The zero-order valence-electron chi connectivity index (χ0n) is 22.7. The molecule has 1 aliphatic heterocycles. The SMILES string of the molecule is Cc1noc(N2CCC(C(=O)N(C)[C@@H](c3ccc(Nc4cnc5cccnc5c4C4CC4)cc3)C(F)(F)F)CC2)n1. The van der Waals surface area contributed by atoms with Crippen molar-refractivity contribution >= 4 is 34.3 Å². The van der Waals surface area contributed by atoms with Crippen LogP contribution in [-0.2, 0) is 4.79 Å². The minimum atomic E-state index is -4.64. The molecule has 0 bridgehead atoms. The number of hydrogen-bond acceptors (Lipinski definition) is 8. The first-order chi connectivity index (χ1) is 19.7. The molecule has 1 amide bonds. The van der Waals surface area contributed by atoms with E-state index >= 15 is 0 Å². The molecule has 6 rings (SSSR count). The number of piperidine rings is 1. The second-order valence-corrected chi connectivity index (χ2v) is 10.8. The number of rotatable bonds is 7. The lowest BCUT2D eigenvalue weighted by Crippen LogP contribution is -2.45. The summed E-state index contributed by atoms with van der Waals surface area (Å²) in [5.41, 5.74) is 4.16. The molecule has 1 aliphatic carbocycles. The predicted molar refractivity (Wildman–Crippen MR) is 147 cm³/mol. The maximum Gasteiger partial charge on any atom is 0.413 e. The van der Waals surface area contributed by atoms with Gasteiger partial charge in [0.2, 0.25) is 5.91 Å². The number of pyridine rings is 2. The predicted octanol–water partition coefficient (Wildman–Crippen LogP) is 5.92. The Morgan fingerprint density at radius 3 is 2.46 bits per heavy atom. The van der Waals surface area contributed by atoms with Gasteiger partial charge in [0.05, 0.1) is 22.9 Å². The van der Waals surface area contributed by atoms with Gasteiger partial charge < -0.3 is 19.6 Å². The van der Waals surface area contributed by atoms with Crippen molar-refractivity contribution in [2.45, 2.75) is 50.7 Å². The van der Waals surface area contributed by atoms with E-state index in [0.717, 1.165) is 40.0 Å². The Labute approximate surface area is 234 Å². The van der Waals surface area contributed by atoms with Gasteiger partial charge in [-0.1, -0.05) is 17.3 Å². The minimum absolute atomic E-state index is 0.00149. The van der Waals surface area contributed by atoms with Crippen molar-refractivity contribution in [3.63, 3.8) is 0 Å². The highest BCUT2D eigenvalue weighted by Crippen LogP contribution is 2.46. The van der Waals surface area contributed by atoms with Gasteiger partial charge in [-0.15, -0.1) is 0 Å². The monoisotopic (exact) mass is 565 g/mol. The van der Waals surface area contributed by atoms with E-state index in [1.165, 1.54) is 19.2 Å². The number of anilines is 3. The van der Waals surface area contributed by atoms with Crippen LogP contribution in [-0.4, -0.2) is 57.2 Å². The summed E-state index contributed by atoms with van der Waals surface area (Å²) in [6, 6.07) is 8.13. The molecular formula is C29H30F3N7O2. The van der Waals surface area contributed by atoms with Gasteiger partial charge in [-0.2, -0.15) is 18.2 Å². The smallest absolute Gasteiger partial charge is 0.354 e. The van der Waals surface area contributed by atoms with Gasteiger partial charge in [0, 0.05) is 43.5 Å². The van der Waals surface area contributed by atoms with Gasteiger partial charge in [0.15, 0.2) is 11.9 Å². The van der Waals surface area contributed by atoms with Gasteiger partial charge in [0.1, 0.15) is 0 Å². The van der Waals surface area contributed by atoms with Crippen molar-refractivity contribution < 1.29 is 22.5 Å². The number of aromatic nitrogens is 4. The normalized spacial score (nSPS) is 17.0. The van der Waals surface area contributed by atoms with Crippen molar-refractivity contribution in [3.05, 3.63) is 65.7 Å². The zero-order valence-corrected chi connectivity index (χ0v) is 22.7. The van der Waals surface area contributed by atoms with E-state index in [-0.39, 0.29) is 5.56 Å². The third kappa shape index (κ3) is 5.55. The second kappa shape index (κ2) is 10.6. The summed E-state index contributed by atoms with van der Waals surface area (Å²) in [5, 5.41) is 7.10. The molecule has 0 unspecified atom stereocenters. The number of benzene rings is 1. The fourth-order valence-corrected chi connectivity index (χ4v) is 5.61. The molecule has 1 atom stereocenters. The number of carbonyl (C=O) groups is 1. The zero-order chi connectivity index (χ0) is 28.7. The molecule has 12 heteroatoms. The van der Waals surface area contributed by atoms with Crippen molar-refractivity contribution in [3.8, 4) is 0 Å². The first-order valence-electron chi connectivity index (χ1n) is 13.7. The summed E-state index contributed by atoms with van der Waals surface area (Å²) in [6.45, 7) is 2.61. The molecule has 2 aliphatic rings. The molecule has 41 heavy (non-hydrogen) atoms. The van der Waals surface area contributed by atoms with Crippen LogP contribution in [0.2, 0.25) is 0 Å². The van der Waals surface area contributed by atoms with E-state index in [1.807, 2.05) is 17.0 Å². The third-order valence-corrected chi connectivity index (χ3v) is 7.83. The highest BCUT2D eigenvalue weighted by molar-refractivity contribution is 5.85. The van der Waals surface area contributed by atoms with E-state index in [9.17, 15) is 18.0 Å². The molecule has 1 saturated heterocycles. The molecular weight excluding hydrogens is 535 g/mol. The minimum Gasteiger partial charge on any atom is -0.354 e. The van der Waals surface area contributed by atoms with Crippen LogP contribution >= 0.6 is 0 Å². The van der Waals surface area contributed by atoms with Crippen molar-refractivity contribution in [2.24, 2.45) is 5.92 Å².